The Kier molecular flexibility index (Phi) is 6.39. The van der Waals surface area contributed by atoms with Gasteiger partial charge in [-0.3, -0.25) is 14.9 Å². The fourth-order valence-corrected chi connectivity index (χ4v) is 3.25. The van der Waals surface area contributed by atoms with Gasteiger partial charge in [0.05, 0.1) is 29.6 Å². The summed E-state index contributed by atoms with van der Waals surface area (Å²) in [6.07, 6.45) is 0.102. The lowest BCUT2D eigenvalue weighted by atomic mass is 10.0. The van der Waals surface area contributed by atoms with E-state index < -0.39 is 6.04 Å². The van der Waals surface area contributed by atoms with Gasteiger partial charge in [-0.2, -0.15) is 0 Å². The van der Waals surface area contributed by atoms with E-state index in [0.717, 1.165) is 16.6 Å². The number of nitrogens with zero attached hydrogens (tertiary/aromatic N) is 1. The van der Waals surface area contributed by atoms with Crippen LogP contribution in [0.25, 0.3) is 11.0 Å². The van der Waals surface area contributed by atoms with Crippen LogP contribution < -0.4 is 15.4 Å². The summed E-state index contributed by atoms with van der Waals surface area (Å²) in [6.45, 7) is 3.74. The molecule has 0 fully saturated rings. The molecule has 7 nitrogen and oxygen atoms in total. The molecule has 0 spiro atoms. The molecule has 3 aromatic rings. The van der Waals surface area contributed by atoms with Crippen molar-refractivity contribution in [2.75, 3.05) is 12.4 Å². The molecule has 0 aliphatic heterocycles. The number of imidazole rings is 1. The van der Waals surface area contributed by atoms with Gasteiger partial charge < -0.3 is 15.0 Å². The summed E-state index contributed by atoms with van der Waals surface area (Å²) >= 11 is 6.11. The van der Waals surface area contributed by atoms with Crippen molar-refractivity contribution in [2.45, 2.75) is 26.3 Å². The smallest absolute Gasteiger partial charge is 0.249 e. The van der Waals surface area contributed by atoms with Gasteiger partial charge in [-0.1, -0.05) is 43.6 Å². The topological polar surface area (TPSA) is 96.1 Å². The van der Waals surface area contributed by atoms with Gasteiger partial charge in [0.1, 0.15) is 11.8 Å². The van der Waals surface area contributed by atoms with E-state index in [1.807, 2.05) is 38.1 Å². The van der Waals surface area contributed by atoms with Crippen LogP contribution in [0.1, 0.15) is 19.4 Å². The molecule has 0 aliphatic carbocycles. The first kappa shape index (κ1) is 20.7. The molecule has 0 saturated carbocycles. The minimum Gasteiger partial charge on any atom is -0.495 e. The molecule has 0 bridgehead atoms. The van der Waals surface area contributed by atoms with Gasteiger partial charge in [-0.05, 0) is 35.7 Å². The highest BCUT2D eigenvalue weighted by Crippen LogP contribution is 2.25. The minimum absolute atomic E-state index is 0.102. The number of aromatic nitrogens is 2. The number of halogens is 1. The number of ether oxygens (including phenoxy) is 1. The zero-order chi connectivity index (χ0) is 21.0. The lowest BCUT2D eigenvalue weighted by Gasteiger charge is -2.21. The van der Waals surface area contributed by atoms with Crippen LogP contribution in [0.3, 0.4) is 0 Å². The molecule has 0 radical (unpaired) electrons. The van der Waals surface area contributed by atoms with Crippen molar-refractivity contribution in [3.63, 3.8) is 0 Å². The normalized spacial score (nSPS) is 12.0. The van der Waals surface area contributed by atoms with Crippen molar-refractivity contribution >= 4 is 40.4 Å². The molecule has 2 aromatic carbocycles. The maximum atomic E-state index is 12.7. The molecular formula is C21H23ClN4O3. The summed E-state index contributed by atoms with van der Waals surface area (Å²) in [5.41, 5.74) is 2.31. The van der Waals surface area contributed by atoms with Crippen molar-refractivity contribution in [1.82, 2.24) is 15.3 Å². The molecule has 0 saturated heterocycles. The number of benzene rings is 2. The highest BCUT2D eigenvalue weighted by molar-refractivity contribution is 6.32. The number of nitrogens with one attached hydrogen (secondary N) is 3. The van der Waals surface area contributed by atoms with E-state index in [1.165, 1.54) is 7.11 Å². The molecule has 152 valence electrons. The maximum absolute atomic E-state index is 12.7. The number of fused-ring (bicyclic) bond motifs is 1. The number of para-hydroxylation sites is 2. The molecule has 3 N–H and O–H groups in total. The average Bonchev–Trinajstić information content (AvgIpc) is 3.08. The number of hydrogen-bond donors (Lipinski definition) is 3. The fraction of sp³-hybridized carbons (Fsp3) is 0.286. The van der Waals surface area contributed by atoms with Gasteiger partial charge in [-0.25, -0.2) is 4.98 Å². The van der Waals surface area contributed by atoms with E-state index in [2.05, 4.69) is 20.6 Å². The molecule has 1 unspecified atom stereocenters. The Labute approximate surface area is 173 Å². The van der Waals surface area contributed by atoms with Crippen molar-refractivity contribution in [1.29, 1.82) is 0 Å². The van der Waals surface area contributed by atoms with Gasteiger partial charge in [0.25, 0.3) is 0 Å². The summed E-state index contributed by atoms with van der Waals surface area (Å²) in [4.78, 5) is 32.6. The highest BCUT2D eigenvalue weighted by atomic mass is 35.5. The second-order valence-corrected chi connectivity index (χ2v) is 7.43. The zero-order valence-electron chi connectivity index (χ0n) is 16.5. The quantitative estimate of drug-likeness (QED) is 0.550. The van der Waals surface area contributed by atoms with Crippen LogP contribution in [0.2, 0.25) is 5.02 Å². The van der Waals surface area contributed by atoms with E-state index in [9.17, 15) is 9.59 Å². The number of rotatable bonds is 7. The third-order valence-corrected chi connectivity index (χ3v) is 4.77. The van der Waals surface area contributed by atoms with E-state index in [4.69, 9.17) is 16.3 Å². The number of aromatic amines is 1. The molecule has 1 atom stereocenters. The van der Waals surface area contributed by atoms with Gasteiger partial charge in [-0.15, -0.1) is 0 Å². The van der Waals surface area contributed by atoms with Gasteiger partial charge in [0.15, 0.2) is 0 Å². The van der Waals surface area contributed by atoms with Crippen LogP contribution in [-0.4, -0.2) is 34.9 Å². The summed E-state index contributed by atoms with van der Waals surface area (Å²) in [5, 5.41) is 5.98. The van der Waals surface area contributed by atoms with Crippen LogP contribution in [-0.2, 0) is 16.0 Å². The number of anilines is 1. The average molecular weight is 415 g/mol. The van der Waals surface area contributed by atoms with Gasteiger partial charge in [0.2, 0.25) is 17.8 Å². The summed E-state index contributed by atoms with van der Waals surface area (Å²) in [7, 11) is 1.53. The fourth-order valence-electron chi connectivity index (χ4n) is 2.97. The monoisotopic (exact) mass is 414 g/mol. The largest absolute Gasteiger partial charge is 0.495 e. The second-order valence-electron chi connectivity index (χ2n) is 7.03. The SMILES string of the molecule is COc1ccc(CC(=O)NC(C(=O)Nc2nc3ccccc3[nH]2)C(C)C)cc1Cl. The Morgan fingerprint density at radius 3 is 2.62 bits per heavy atom. The lowest BCUT2D eigenvalue weighted by Crippen LogP contribution is -2.47. The van der Waals surface area contributed by atoms with E-state index >= 15 is 0 Å². The van der Waals surface area contributed by atoms with Crippen LogP contribution in [0, 0.1) is 5.92 Å². The molecule has 29 heavy (non-hydrogen) atoms. The van der Waals surface area contributed by atoms with Crippen LogP contribution in [0.15, 0.2) is 42.5 Å². The van der Waals surface area contributed by atoms with E-state index in [0.29, 0.717) is 16.7 Å². The van der Waals surface area contributed by atoms with E-state index in [-0.39, 0.29) is 24.2 Å². The van der Waals surface area contributed by atoms with Crippen LogP contribution >= 0.6 is 11.6 Å². The maximum Gasteiger partial charge on any atom is 0.249 e. The molecular weight excluding hydrogens is 392 g/mol. The number of H-pyrrole nitrogens is 1. The zero-order valence-corrected chi connectivity index (χ0v) is 17.2. The molecule has 3 rings (SSSR count). The Morgan fingerprint density at radius 2 is 1.97 bits per heavy atom. The Morgan fingerprint density at radius 1 is 1.21 bits per heavy atom. The van der Waals surface area contributed by atoms with Crippen molar-refractivity contribution < 1.29 is 14.3 Å². The molecule has 1 heterocycles. The first-order valence-corrected chi connectivity index (χ1v) is 9.62. The van der Waals surface area contributed by atoms with Crippen molar-refractivity contribution in [3.8, 4) is 5.75 Å². The predicted octanol–water partition coefficient (Wildman–Crippen LogP) is 3.55. The van der Waals surface area contributed by atoms with Crippen molar-refractivity contribution in [2.24, 2.45) is 5.92 Å². The summed E-state index contributed by atoms with van der Waals surface area (Å²) in [6, 6.07) is 11.9. The lowest BCUT2D eigenvalue weighted by molar-refractivity contribution is -0.127. The third-order valence-electron chi connectivity index (χ3n) is 4.48. The number of methoxy groups -OCH3 is 1. The Bertz CT molecular complexity index is 999. The molecule has 2 amide bonds. The third kappa shape index (κ3) is 5.06. The van der Waals surface area contributed by atoms with Gasteiger partial charge in [0, 0.05) is 0 Å². The molecule has 1 aromatic heterocycles. The second kappa shape index (κ2) is 8.96. The summed E-state index contributed by atoms with van der Waals surface area (Å²) < 4.78 is 5.12. The number of carbonyl (C=O) groups is 2. The standard InChI is InChI=1S/C21H23ClN4O3/c1-12(2)19(20(28)26-21-23-15-6-4-5-7-16(15)24-21)25-18(27)11-13-8-9-17(29-3)14(22)10-13/h4-10,12,19H,11H2,1-3H3,(H,25,27)(H2,23,24,26,28). The van der Waals surface area contributed by atoms with Crippen LogP contribution in [0.5, 0.6) is 5.75 Å². The minimum atomic E-state index is -0.704. The van der Waals surface area contributed by atoms with Gasteiger partial charge >= 0.3 is 0 Å². The van der Waals surface area contributed by atoms with Crippen molar-refractivity contribution in [3.05, 3.63) is 53.1 Å². The number of hydrogen-bond acceptors (Lipinski definition) is 4. The Hall–Kier alpha value is -3.06. The number of carbonyl (C=O) groups excluding carboxylic acids is 2. The van der Waals surface area contributed by atoms with Crippen LogP contribution in [0.4, 0.5) is 5.95 Å². The number of amides is 2. The molecule has 0 aliphatic rings. The summed E-state index contributed by atoms with van der Waals surface area (Å²) in [5.74, 6) is 0.173. The van der Waals surface area contributed by atoms with E-state index in [1.54, 1.807) is 18.2 Å². The molecule has 8 heteroatoms. The first-order valence-electron chi connectivity index (χ1n) is 9.24. The first-order chi connectivity index (χ1) is 13.9. The Balaban J connectivity index is 1.66. The predicted molar refractivity (Wildman–Crippen MR) is 113 cm³/mol. The highest BCUT2D eigenvalue weighted by Gasteiger charge is 2.25.